The molecule has 1 unspecified atom stereocenters. The van der Waals surface area contributed by atoms with Gasteiger partial charge < -0.3 is 9.64 Å². The van der Waals surface area contributed by atoms with E-state index in [4.69, 9.17) is 15.4 Å². The summed E-state index contributed by atoms with van der Waals surface area (Å²) in [5.74, 6) is -0.196. The van der Waals surface area contributed by atoms with E-state index in [9.17, 15) is 13.2 Å². The SMILES string of the molecule is CCc1ccc(C(=O)N2CCC(OC)C2)cc1S(=O)(=O)Cl. The minimum Gasteiger partial charge on any atom is -0.380 e. The van der Waals surface area contributed by atoms with E-state index in [2.05, 4.69) is 0 Å². The van der Waals surface area contributed by atoms with Gasteiger partial charge in [0.15, 0.2) is 0 Å². The molecule has 0 aromatic heterocycles. The first kappa shape index (κ1) is 16.3. The van der Waals surface area contributed by atoms with Crippen LogP contribution < -0.4 is 0 Å². The molecule has 1 aromatic rings. The number of rotatable bonds is 4. The topological polar surface area (TPSA) is 63.7 Å². The van der Waals surface area contributed by atoms with Gasteiger partial charge in [-0.3, -0.25) is 4.79 Å². The molecule has 1 heterocycles. The van der Waals surface area contributed by atoms with Gasteiger partial charge in [-0.15, -0.1) is 0 Å². The molecule has 0 aliphatic carbocycles. The summed E-state index contributed by atoms with van der Waals surface area (Å²) < 4.78 is 28.5. The second kappa shape index (κ2) is 6.34. The Hall–Kier alpha value is -1.11. The van der Waals surface area contributed by atoms with Gasteiger partial charge in [-0.2, -0.15) is 0 Å². The lowest BCUT2D eigenvalue weighted by Crippen LogP contribution is -2.30. The van der Waals surface area contributed by atoms with Gasteiger partial charge in [0, 0.05) is 36.4 Å². The number of hydrogen-bond donors (Lipinski definition) is 0. The van der Waals surface area contributed by atoms with Crippen LogP contribution in [0.5, 0.6) is 0 Å². The van der Waals surface area contributed by atoms with E-state index >= 15 is 0 Å². The Kier molecular flexibility index (Phi) is 4.91. The number of amides is 1. The Labute approximate surface area is 129 Å². The molecule has 2 rings (SSSR count). The molecule has 1 aliphatic heterocycles. The third kappa shape index (κ3) is 3.56. The first-order valence-electron chi connectivity index (χ1n) is 6.76. The number of hydrogen-bond acceptors (Lipinski definition) is 4. The maximum Gasteiger partial charge on any atom is 0.261 e. The lowest BCUT2D eigenvalue weighted by Gasteiger charge is -2.17. The lowest BCUT2D eigenvalue weighted by molar-refractivity contribution is 0.0724. The molecule has 1 amide bonds. The Bertz CT molecular complexity index is 644. The highest BCUT2D eigenvalue weighted by Crippen LogP contribution is 2.24. The van der Waals surface area contributed by atoms with Crippen molar-refractivity contribution in [3.63, 3.8) is 0 Å². The third-order valence-electron chi connectivity index (χ3n) is 3.72. The van der Waals surface area contributed by atoms with Gasteiger partial charge in [0.25, 0.3) is 15.0 Å². The van der Waals surface area contributed by atoms with Gasteiger partial charge in [-0.25, -0.2) is 8.42 Å². The van der Waals surface area contributed by atoms with Crippen molar-refractivity contribution >= 4 is 25.6 Å². The summed E-state index contributed by atoms with van der Waals surface area (Å²) in [5.41, 5.74) is 0.945. The molecule has 0 bridgehead atoms. The Morgan fingerprint density at radius 1 is 1.48 bits per heavy atom. The number of benzene rings is 1. The van der Waals surface area contributed by atoms with Crippen LogP contribution in [-0.4, -0.2) is 45.5 Å². The number of carbonyl (C=O) groups excluding carboxylic acids is 1. The maximum absolute atomic E-state index is 12.4. The van der Waals surface area contributed by atoms with Crippen molar-refractivity contribution in [2.75, 3.05) is 20.2 Å². The summed E-state index contributed by atoms with van der Waals surface area (Å²) in [6.45, 7) is 2.97. The van der Waals surface area contributed by atoms with Gasteiger partial charge in [0.1, 0.15) is 0 Å². The van der Waals surface area contributed by atoms with Gasteiger partial charge >= 0.3 is 0 Å². The van der Waals surface area contributed by atoms with Crippen LogP contribution in [0, 0.1) is 0 Å². The third-order valence-corrected chi connectivity index (χ3v) is 5.13. The zero-order chi connectivity index (χ0) is 15.6. The summed E-state index contributed by atoms with van der Waals surface area (Å²) >= 11 is 0. The highest BCUT2D eigenvalue weighted by molar-refractivity contribution is 8.13. The van der Waals surface area contributed by atoms with Crippen LogP contribution in [-0.2, 0) is 20.2 Å². The smallest absolute Gasteiger partial charge is 0.261 e. The van der Waals surface area contributed by atoms with Crippen molar-refractivity contribution < 1.29 is 17.9 Å². The van der Waals surface area contributed by atoms with E-state index in [-0.39, 0.29) is 16.9 Å². The lowest BCUT2D eigenvalue weighted by atomic mass is 10.1. The number of halogens is 1. The van der Waals surface area contributed by atoms with Crippen molar-refractivity contribution in [1.82, 2.24) is 4.90 Å². The molecule has 1 atom stereocenters. The summed E-state index contributed by atoms with van der Waals surface area (Å²) in [5, 5.41) is 0. The van der Waals surface area contributed by atoms with Crippen LogP contribution in [0.2, 0.25) is 0 Å². The summed E-state index contributed by atoms with van der Waals surface area (Å²) in [6, 6.07) is 4.66. The monoisotopic (exact) mass is 331 g/mol. The van der Waals surface area contributed by atoms with Gasteiger partial charge in [-0.1, -0.05) is 13.0 Å². The summed E-state index contributed by atoms with van der Waals surface area (Å²) in [4.78, 5) is 14.1. The predicted molar refractivity (Wildman–Crippen MR) is 80.2 cm³/mol. The highest BCUT2D eigenvalue weighted by atomic mass is 35.7. The Morgan fingerprint density at radius 2 is 2.19 bits per heavy atom. The fraction of sp³-hybridized carbons (Fsp3) is 0.500. The molecular formula is C14H18ClNO4S. The van der Waals surface area contributed by atoms with E-state index in [1.54, 1.807) is 24.1 Å². The number of aryl methyl sites for hydroxylation is 1. The van der Waals surface area contributed by atoms with Crippen molar-refractivity contribution in [3.8, 4) is 0 Å². The molecule has 0 radical (unpaired) electrons. The zero-order valence-corrected chi connectivity index (χ0v) is 13.6. The van der Waals surface area contributed by atoms with Crippen molar-refractivity contribution in [1.29, 1.82) is 0 Å². The number of likely N-dealkylation sites (tertiary alicyclic amines) is 1. The predicted octanol–water partition coefficient (Wildman–Crippen LogP) is 2.04. The molecule has 0 saturated carbocycles. The Morgan fingerprint density at radius 3 is 2.71 bits per heavy atom. The standard InChI is InChI=1S/C14H18ClNO4S/c1-3-10-4-5-11(8-13(10)21(15,18)19)14(17)16-7-6-12(9-16)20-2/h4-5,8,12H,3,6-7,9H2,1-2H3. The quantitative estimate of drug-likeness (QED) is 0.792. The molecule has 0 spiro atoms. The van der Waals surface area contributed by atoms with E-state index in [1.165, 1.54) is 6.07 Å². The van der Waals surface area contributed by atoms with Gasteiger partial charge in [-0.05, 0) is 30.5 Å². The molecule has 1 fully saturated rings. The molecular weight excluding hydrogens is 314 g/mol. The van der Waals surface area contributed by atoms with Crippen LogP contribution in [0.25, 0.3) is 0 Å². The summed E-state index contributed by atoms with van der Waals surface area (Å²) in [7, 11) is 3.21. The first-order chi connectivity index (χ1) is 9.86. The van der Waals surface area contributed by atoms with Crippen LogP contribution in [0.4, 0.5) is 0 Å². The molecule has 1 aliphatic rings. The van der Waals surface area contributed by atoms with Gasteiger partial charge in [0.2, 0.25) is 0 Å². The average Bonchev–Trinajstić information content (AvgIpc) is 2.93. The van der Waals surface area contributed by atoms with Crippen molar-refractivity contribution in [2.45, 2.75) is 30.8 Å². The fourth-order valence-corrected chi connectivity index (χ4v) is 3.72. The van der Waals surface area contributed by atoms with E-state index in [0.29, 0.717) is 30.6 Å². The maximum atomic E-state index is 12.4. The number of nitrogens with zero attached hydrogens (tertiary/aromatic N) is 1. The molecule has 5 nitrogen and oxygen atoms in total. The minimum absolute atomic E-state index is 0.0139. The number of ether oxygens (including phenoxy) is 1. The zero-order valence-electron chi connectivity index (χ0n) is 12.0. The van der Waals surface area contributed by atoms with Crippen LogP contribution in [0.1, 0.15) is 29.3 Å². The normalized spacial score (nSPS) is 19.0. The molecule has 0 N–H and O–H groups in total. The molecule has 116 valence electrons. The van der Waals surface area contributed by atoms with Crippen LogP contribution in [0.15, 0.2) is 23.1 Å². The molecule has 1 aromatic carbocycles. The second-order valence-electron chi connectivity index (χ2n) is 5.01. The van der Waals surface area contributed by atoms with E-state index in [0.717, 1.165) is 6.42 Å². The van der Waals surface area contributed by atoms with E-state index in [1.807, 2.05) is 6.92 Å². The summed E-state index contributed by atoms with van der Waals surface area (Å²) in [6.07, 6.45) is 1.36. The van der Waals surface area contributed by atoms with Crippen LogP contribution in [0.3, 0.4) is 0 Å². The molecule has 7 heteroatoms. The molecule has 1 saturated heterocycles. The average molecular weight is 332 g/mol. The number of methoxy groups -OCH3 is 1. The Balaban J connectivity index is 2.31. The molecule has 21 heavy (non-hydrogen) atoms. The van der Waals surface area contributed by atoms with Crippen LogP contribution >= 0.6 is 10.7 Å². The number of carbonyl (C=O) groups is 1. The fourth-order valence-electron chi connectivity index (χ4n) is 2.49. The second-order valence-corrected chi connectivity index (χ2v) is 7.55. The van der Waals surface area contributed by atoms with Gasteiger partial charge in [0.05, 0.1) is 11.0 Å². The highest BCUT2D eigenvalue weighted by Gasteiger charge is 2.27. The van der Waals surface area contributed by atoms with E-state index < -0.39 is 9.05 Å². The minimum atomic E-state index is -3.86. The van der Waals surface area contributed by atoms with Crippen molar-refractivity contribution in [3.05, 3.63) is 29.3 Å². The largest absolute Gasteiger partial charge is 0.380 e. The van der Waals surface area contributed by atoms with Crippen molar-refractivity contribution in [2.24, 2.45) is 0 Å². The first-order valence-corrected chi connectivity index (χ1v) is 9.07.